The highest BCUT2D eigenvalue weighted by molar-refractivity contribution is 5.90. The number of rotatable bonds is 6. The zero-order valence-corrected chi connectivity index (χ0v) is 14.2. The number of carbonyl (C=O) groups is 1. The van der Waals surface area contributed by atoms with Gasteiger partial charge >= 0.3 is 0 Å². The third kappa shape index (κ3) is 4.81. The Balaban J connectivity index is 1.61. The van der Waals surface area contributed by atoms with Crippen LogP contribution in [-0.4, -0.2) is 20.7 Å². The van der Waals surface area contributed by atoms with Crippen molar-refractivity contribution >= 4 is 11.6 Å². The average Bonchev–Trinajstić information content (AvgIpc) is 2.67. The Labute approximate surface area is 153 Å². The van der Waals surface area contributed by atoms with Gasteiger partial charge in [-0.25, -0.2) is 13.5 Å². The van der Waals surface area contributed by atoms with Crippen molar-refractivity contribution in [1.29, 1.82) is 0 Å². The molecule has 138 valence electrons. The standard InChI is InChI=1S/C19H16F2N4O2/c20-14-5-6-15(21)17(11-14)23-18(26)4-2-10-25-19(27)8-7-16(24-25)13-3-1-9-22-12-13/h1,3,5-9,11-12H,2,4,10H2,(H,23,26). The van der Waals surface area contributed by atoms with Gasteiger partial charge in [0, 0.05) is 43.1 Å². The number of carbonyl (C=O) groups excluding carboxylic acids is 1. The van der Waals surface area contributed by atoms with Crippen molar-refractivity contribution in [2.75, 3.05) is 5.32 Å². The van der Waals surface area contributed by atoms with E-state index in [9.17, 15) is 18.4 Å². The number of benzene rings is 1. The first-order chi connectivity index (χ1) is 13.0. The number of anilines is 1. The van der Waals surface area contributed by atoms with E-state index in [0.29, 0.717) is 12.1 Å². The van der Waals surface area contributed by atoms with Crippen LogP contribution in [0.4, 0.5) is 14.5 Å². The Bertz CT molecular complexity index is 1010. The van der Waals surface area contributed by atoms with Crippen molar-refractivity contribution in [2.45, 2.75) is 19.4 Å². The second-order valence-corrected chi connectivity index (χ2v) is 5.80. The van der Waals surface area contributed by atoms with Gasteiger partial charge in [0.1, 0.15) is 11.6 Å². The fourth-order valence-corrected chi connectivity index (χ4v) is 2.47. The number of nitrogens with zero attached hydrogens (tertiary/aromatic N) is 3. The second kappa shape index (κ2) is 8.31. The third-order valence-corrected chi connectivity index (χ3v) is 3.80. The van der Waals surface area contributed by atoms with Crippen LogP contribution in [0.3, 0.4) is 0 Å². The smallest absolute Gasteiger partial charge is 0.266 e. The lowest BCUT2D eigenvalue weighted by Gasteiger charge is -2.08. The molecule has 0 aliphatic rings. The lowest BCUT2D eigenvalue weighted by atomic mass is 10.2. The lowest BCUT2D eigenvalue weighted by Crippen LogP contribution is -2.23. The van der Waals surface area contributed by atoms with Crippen LogP contribution in [0.1, 0.15) is 12.8 Å². The average molecular weight is 370 g/mol. The van der Waals surface area contributed by atoms with E-state index in [1.54, 1.807) is 24.5 Å². The van der Waals surface area contributed by atoms with Crippen LogP contribution in [0, 0.1) is 11.6 Å². The Morgan fingerprint density at radius 2 is 2.00 bits per heavy atom. The molecule has 2 aromatic heterocycles. The van der Waals surface area contributed by atoms with E-state index in [1.807, 2.05) is 6.07 Å². The minimum Gasteiger partial charge on any atom is -0.324 e. The first-order valence-corrected chi connectivity index (χ1v) is 8.26. The van der Waals surface area contributed by atoms with Crippen LogP contribution in [0.2, 0.25) is 0 Å². The van der Waals surface area contributed by atoms with Crippen molar-refractivity contribution in [3.63, 3.8) is 0 Å². The molecular formula is C19H16F2N4O2. The Morgan fingerprint density at radius 3 is 2.78 bits per heavy atom. The zero-order chi connectivity index (χ0) is 19.2. The normalized spacial score (nSPS) is 10.6. The van der Waals surface area contributed by atoms with E-state index in [-0.39, 0.29) is 24.2 Å². The minimum atomic E-state index is -0.716. The van der Waals surface area contributed by atoms with Gasteiger partial charge in [0.2, 0.25) is 5.91 Å². The molecule has 0 unspecified atom stereocenters. The van der Waals surface area contributed by atoms with Crippen LogP contribution in [0.25, 0.3) is 11.3 Å². The number of halogens is 2. The fraction of sp³-hybridized carbons (Fsp3) is 0.158. The Kier molecular flexibility index (Phi) is 5.65. The van der Waals surface area contributed by atoms with Crippen molar-refractivity contribution < 1.29 is 13.6 Å². The van der Waals surface area contributed by atoms with Crippen molar-refractivity contribution in [1.82, 2.24) is 14.8 Å². The number of aromatic nitrogens is 3. The number of aryl methyl sites for hydroxylation is 1. The molecular weight excluding hydrogens is 354 g/mol. The van der Waals surface area contributed by atoms with Crippen LogP contribution < -0.4 is 10.9 Å². The van der Waals surface area contributed by atoms with E-state index >= 15 is 0 Å². The molecule has 0 saturated carbocycles. The first-order valence-electron chi connectivity index (χ1n) is 8.26. The maximum absolute atomic E-state index is 13.5. The SMILES string of the molecule is O=C(CCCn1nc(-c2cccnc2)ccc1=O)Nc1cc(F)ccc1F. The topological polar surface area (TPSA) is 76.9 Å². The summed E-state index contributed by atoms with van der Waals surface area (Å²) in [6.07, 6.45) is 3.62. The highest BCUT2D eigenvalue weighted by Gasteiger charge is 2.09. The van der Waals surface area contributed by atoms with Gasteiger partial charge in [0.15, 0.2) is 0 Å². The maximum Gasteiger partial charge on any atom is 0.266 e. The molecule has 0 aliphatic carbocycles. The monoisotopic (exact) mass is 370 g/mol. The lowest BCUT2D eigenvalue weighted by molar-refractivity contribution is -0.116. The number of amides is 1. The third-order valence-electron chi connectivity index (χ3n) is 3.80. The van der Waals surface area contributed by atoms with Gasteiger partial charge in [-0.1, -0.05) is 0 Å². The van der Waals surface area contributed by atoms with E-state index < -0.39 is 17.5 Å². The van der Waals surface area contributed by atoms with Crippen LogP contribution >= 0.6 is 0 Å². The molecule has 1 aromatic carbocycles. The van der Waals surface area contributed by atoms with Crippen molar-refractivity contribution in [3.05, 3.63) is 76.8 Å². The molecule has 6 nitrogen and oxygen atoms in total. The summed E-state index contributed by atoms with van der Waals surface area (Å²) >= 11 is 0. The molecule has 27 heavy (non-hydrogen) atoms. The molecule has 0 fully saturated rings. The van der Waals surface area contributed by atoms with Crippen LogP contribution in [0.5, 0.6) is 0 Å². The van der Waals surface area contributed by atoms with E-state index in [0.717, 1.165) is 23.8 Å². The molecule has 1 N–H and O–H groups in total. The quantitative estimate of drug-likeness (QED) is 0.724. The molecule has 1 amide bonds. The summed E-state index contributed by atoms with van der Waals surface area (Å²) < 4.78 is 27.9. The molecule has 0 spiro atoms. The summed E-state index contributed by atoms with van der Waals surface area (Å²) in [4.78, 5) is 27.9. The van der Waals surface area contributed by atoms with Gasteiger partial charge in [-0.15, -0.1) is 0 Å². The summed E-state index contributed by atoms with van der Waals surface area (Å²) in [5, 5.41) is 6.59. The Morgan fingerprint density at radius 1 is 1.15 bits per heavy atom. The molecule has 0 aliphatic heterocycles. The van der Waals surface area contributed by atoms with Gasteiger partial charge in [0.25, 0.3) is 5.56 Å². The van der Waals surface area contributed by atoms with Crippen molar-refractivity contribution in [3.8, 4) is 11.3 Å². The number of pyridine rings is 1. The van der Waals surface area contributed by atoms with Gasteiger partial charge in [-0.3, -0.25) is 14.6 Å². The summed E-state index contributed by atoms with van der Waals surface area (Å²) in [6.45, 7) is 0.214. The van der Waals surface area contributed by atoms with Gasteiger partial charge < -0.3 is 5.32 Å². The van der Waals surface area contributed by atoms with Crippen molar-refractivity contribution in [2.24, 2.45) is 0 Å². The minimum absolute atomic E-state index is 0.0290. The maximum atomic E-state index is 13.5. The van der Waals surface area contributed by atoms with E-state index in [2.05, 4.69) is 15.4 Å². The Hall–Kier alpha value is -3.42. The molecule has 0 radical (unpaired) electrons. The summed E-state index contributed by atoms with van der Waals surface area (Å²) in [7, 11) is 0. The molecule has 0 saturated heterocycles. The second-order valence-electron chi connectivity index (χ2n) is 5.80. The molecule has 0 bridgehead atoms. The number of hydrogen-bond donors (Lipinski definition) is 1. The highest BCUT2D eigenvalue weighted by atomic mass is 19.1. The van der Waals surface area contributed by atoms with Gasteiger partial charge in [0.05, 0.1) is 11.4 Å². The summed E-state index contributed by atoms with van der Waals surface area (Å²) in [5.74, 6) is -1.84. The van der Waals surface area contributed by atoms with Crippen LogP contribution in [-0.2, 0) is 11.3 Å². The largest absolute Gasteiger partial charge is 0.324 e. The number of nitrogens with one attached hydrogen (secondary N) is 1. The highest BCUT2D eigenvalue weighted by Crippen LogP contribution is 2.16. The number of hydrogen-bond acceptors (Lipinski definition) is 4. The van der Waals surface area contributed by atoms with E-state index in [1.165, 1.54) is 10.7 Å². The van der Waals surface area contributed by atoms with Gasteiger partial charge in [-0.2, -0.15) is 5.10 Å². The predicted octanol–water partition coefficient (Wildman–Crippen LogP) is 3.00. The first kappa shape index (κ1) is 18.4. The fourth-order valence-electron chi connectivity index (χ4n) is 2.47. The molecule has 0 atom stereocenters. The zero-order valence-electron chi connectivity index (χ0n) is 14.2. The van der Waals surface area contributed by atoms with Crippen LogP contribution in [0.15, 0.2) is 59.7 Å². The molecule has 2 heterocycles. The summed E-state index contributed by atoms with van der Waals surface area (Å²) in [5.41, 5.74) is 0.854. The van der Waals surface area contributed by atoms with Gasteiger partial charge in [-0.05, 0) is 36.8 Å². The molecule has 3 rings (SSSR count). The molecule has 8 heteroatoms. The summed E-state index contributed by atoms with van der Waals surface area (Å²) in [6, 6.07) is 9.42. The van der Waals surface area contributed by atoms with E-state index in [4.69, 9.17) is 0 Å². The predicted molar refractivity (Wildman–Crippen MR) is 95.9 cm³/mol. The molecule has 3 aromatic rings.